The van der Waals surface area contributed by atoms with Gasteiger partial charge >= 0.3 is 0 Å². The van der Waals surface area contributed by atoms with Crippen LogP contribution < -0.4 is 4.74 Å². The van der Waals surface area contributed by atoms with Gasteiger partial charge in [-0.1, -0.05) is 18.7 Å². The quantitative estimate of drug-likeness (QED) is 0.341. The lowest BCUT2D eigenvalue weighted by Crippen LogP contribution is -2.22. The molecule has 0 saturated heterocycles. The molecule has 0 unspecified atom stereocenters. The number of hydrogen-bond donors (Lipinski definition) is 0. The third kappa shape index (κ3) is 4.38. The van der Waals surface area contributed by atoms with E-state index in [4.69, 9.17) is 10.00 Å². The number of nitrogens with zero attached hydrogens (tertiary/aromatic N) is 2. The normalized spacial score (nSPS) is 10.6. The first kappa shape index (κ1) is 16.2. The molecular weight excluding hydrogens is 367 g/mol. The van der Waals surface area contributed by atoms with E-state index in [0.29, 0.717) is 6.61 Å². The van der Waals surface area contributed by atoms with E-state index in [0.717, 1.165) is 14.9 Å². The number of nitriles is 1. The standard InChI is InChI=1S/C15H15IN2O2/c1-4-7-20-14-6-5-11(9-13(14)16)8-12(10-17)15(19)18(2)3/h4-6,8-9H,1,7H2,2-3H3/b12-8-. The van der Waals surface area contributed by atoms with Crippen molar-refractivity contribution in [2.24, 2.45) is 0 Å². The number of carbonyl (C=O) groups excluding carboxylic acids is 1. The van der Waals surface area contributed by atoms with Crippen molar-refractivity contribution in [3.8, 4) is 11.8 Å². The van der Waals surface area contributed by atoms with Gasteiger partial charge in [-0.3, -0.25) is 4.79 Å². The van der Waals surface area contributed by atoms with E-state index in [1.165, 1.54) is 4.90 Å². The van der Waals surface area contributed by atoms with Gasteiger partial charge in [-0.25, -0.2) is 0 Å². The maximum atomic E-state index is 11.8. The van der Waals surface area contributed by atoms with Crippen molar-refractivity contribution in [3.05, 3.63) is 45.6 Å². The lowest BCUT2D eigenvalue weighted by Gasteiger charge is -2.09. The van der Waals surface area contributed by atoms with Crippen LogP contribution in [0.1, 0.15) is 5.56 Å². The third-order valence-electron chi connectivity index (χ3n) is 2.38. The molecule has 1 aromatic rings. The molecule has 0 aromatic heterocycles. The largest absolute Gasteiger partial charge is 0.488 e. The van der Waals surface area contributed by atoms with Crippen LogP contribution in [0.5, 0.6) is 5.75 Å². The molecule has 1 rings (SSSR count). The van der Waals surface area contributed by atoms with Gasteiger partial charge in [0.25, 0.3) is 5.91 Å². The summed E-state index contributed by atoms with van der Waals surface area (Å²) in [5.41, 5.74) is 0.887. The molecule has 0 N–H and O–H groups in total. The van der Waals surface area contributed by atoms with Crippen LogP contribution in [0.4, 0.5) is 0 Å². The van der Waals surface area contributed by atoms with Crippen LogP contribution in [0.3, 0.4) is 0 Å². The average molecular weight is 382 g/mol. The van der Waals surface area contributed by atoms with Crippen LogP contribution in [0.2, 0.25) is 0 Å². The van der Waals surface area contributed by atoms with Crippen LogP contribution in [0, 0.1) is 14.9 Å². The number of benzene rings is 1. The zero-order chi connectivity index (χ0) is 15.1. The highest BCUT2D eigenvalue weighted by atomic mass is 127. The summed E-state index contributed by atoms with van der Waals surface area (Å²) < 4.78 is 6.38. The van der Waals surface area contributed by atoms with Crippen molar-refractivity contribution in [1.29, 1.82) is 5.26 Å². The first-order valence-corrected chi connectivity index (χ1v) is 6.94. The minimum absolute atomic E-state index is 0.102. The summed E-state index contributed by atoms with van der Waals surface area (Å²) in [5, 5.41) is 9.04. The highest BCUT2D eigenvalue weighted by Crippen LogP contribution is 2.23. The van der Waals surface area contributed by atoms with E-state index in [1.54, 1.807) is 32.3 Å². The van der Waals surface area contributed by atoms with Crippen LogP contribution in [-0.4, -0.2) is 31.5 Å². The van der Waals surface area contributed by atoms with Gasteiger partial charge in [0.2, 0.25) is 0 Å². The molecule has 0 aliphatic rings. The Morgan fingerprint density at radius 2 is 2.25 bits per heavy atom. The molecule has 0 radical (unpaired) electrons. The van der Waals surface area contributed by atoms with Gasteiger partial charge in [0.05, 0.1) is 3.57 Å². The number of amides is 1. The fourth-order valence-corrected chi connectivity index (χ4v) is 2.12. The second kappa shape index (κ2) is 7.70. The molecule has 0 heterocycles. The highest BCUT2D eigenvalue weighted by molar-refractivity contribution is 14.1. The zero-order valence-corrected chi connectivity index (χ0v) is 13.5. The Kier molecular flexibility index (Phi) is 6.25. The fraction of sp³-hybridized carbons (Fsp3) is 0.200. The molecule has 1 aromatic carbocycles. The van der Waals surface area contributed by atoms with Crippen molar-refractivity contribution in [2.45, 2.75) is 0 Å². The van der Waals surface area contributed by atoms with E-state index in [1.807, 2.05) is 18.2 Å². The molecule has 0 spiro atoms. The molecule has 104 valence electrons. The maximum absolute atomic E-state index is 11.8. The highest BCUT2D eigenvalue weighted by Gasteiger charge is 2.11. The van der Waals surface area contributed by atoms with Crippen molar-refractivity contribution in [3.63, 3.8) is 0 Å². The average Bonchev–Trinajstić information content (AvgIpc) is 2.43. The number of carbonyl (C=O) groups is 1. The Balaban J connectivity index is 3.03. The summed E-state index contributed by atoms with van der Waals surface area (Å²) in [5.74, 6) is 0.439. The number of rotatable bonds is 5. The van der Waals surface area contributed by atoms with Crippen molar-refractivity contribution < 1.29 is 9.53 Å². The summed E-state index contributed by atoms with van der Waals surface area (Å²) in [6.45, 7) is 4.03. The number of hydrogen-bond acceptors (Lipinski definition) is 3. The fourth-order valence-electron chi connectivity index (χ4n) is 1.42. The second-order valence-electron chi connectivity index (χ2n) is 4.16. The maximum Gasteiger partial charge on any atom is 0.264 e. The van der Waals surface area contributed by atoms with E-state index >= 15 is 0 Å². The minimum Gasteiger partial charge on any atom is -0.488 e. The molecule has 0 atom stereocenters. The van der Waals surface area contributed by atoms with E-state index in [9.17, 15) is 4.79 Å². The van der Waals surface area contributed by atoms with Gasteiger partial charge in [0, 0.05) is 14.1 Å². The second-order valence-corrected chi connectivity index (χ2v) is 5.32. The van der Waals surface area contributed by atoms with Crippen molar-refractivity contribution in [1.82, 2.24) is 4.90 Å². The van der Waals surface area contributed by atoms with Gasteiger partial charge < -0.3 is 9.64 Å². The van der Waals surface area contributed by atoms with Gasteiger partial charge in [-0.05, 0) is 46.4 Å². The first-order valence-electron chi connectivity index (χ1n) is 5.86. The van der Waals surface area contributed by atoms with E-state index < -0.39 is 0 Å². The van der Waals surface area contributed by atoms with Gasteiger partial charge in [0.15, 0.2) is 0 Å². The Labute approximate surface area is 132 Å². The zero-order valence-electron chi connectivity index (χ0n) is 11.4. The van der Waals surface area contributed by atoms with Crippen molar-refractivity contribution in [2.75, 3.05) is 20.7 Å². The van der Waals surface area contributed by atoms with Crippen LogP contribution in [-0.2, 0) is 4.79 Å². The summed E-state index contributed by atoms with van der Waals surface area (Å²) in [7, 11) is 3.23. The molecule has 0 fully saturated rings. The molecule has 0 bridgehead atoms. The number of halogens is 1. The molecular formula is C15H15IN2O2. The summed E-state index contributed by atoms with van der Waals surface area (Å²) in [6, 6.07) is 7.40. The Hall–Kier alpha value is -1.81. The molecule has 0 saturated carbocycles. The topological polar surface area (TPSA) is 53.3 Å². The van der Waals surface area contributed by atoms with Gasteiger partial charge in [-0.2, -0.15) is 5.26 Å². The first-order chi connectivity index (χ1) is 9.49. The lowest BCUT2D eigenvalue weighted by molar-refractivity contribution is -0.124. The van der Waals surface area contributed by atoms with E-state index in [-0.39, 0.29) is 11.5 Å². The molecule has 0 aliphatic carbocycles. The number of likely N-dealkylation sites (N-methyl/N-ethyl adjacent to an activating group) is 1. The molecule has 4 nitrogen and oxygen atoms in total. The molecule has 5 heteroatoms. The predicted molar refractivity (Wildman–Crippen MR) is 87.1 cm³/mol. The summed E-state index contributed by atoms with van der Waals surface area (Å²) in [6.07, 6.45) is 3.25. The van der Waals surface area contributed by atoms with Crippen LogP contribution in [0.15, 0.2) is 36.4 Å². The monoisotopic (exact) mass is 382 g/mol. The predicted octanol–water partition coefficient (Wildman–Crippen LogP) is 2.85. The Morgan fingerprint density at radius 3 is 2.75 bits per heavy atom. The minimum atomic E-state index is -0.311. The summed E-state index contributed by atoms with van der Waals surface area (Å²) in [4.78, 5) is 13.1. The lowest BCUT2D eigenvalue weighted by atomic mass is 10.1. The SMILES string of the molecule is C=CCOc1ccc(/C=C(/C#N)C(=O)N(C)C)cc1I. The molecule has 20 heavy (non-hydrogen) atoms. The van der Waals surface area contributed by atoms with Crippen LogP contribution in [0.25, 0.3) is 6.08 Å². The van der Waals surface area contributed by atoms with Gasteiger partial charge in [-0.15, -0.1) is 0 Å². The number of ether oxygens (including phenoxy) is 1. The smallest absolute Gasteiger partial charge is 0.264 e. The van der Waals surface area contributed by atoms with E-state index in [2.05, 4.69) is 29.2 Å². The van der Waals surface area contributed by atoms with Crippen LogP contribution >= 0.6 is 22.6 Å². The van der Waals surface area contributed by atoms with Gasteiger partial charge in [0.1, 0.15) is 24.0 Å². The molecule has 0 aliphatic heterocycles. The molecule has 1 amide bonds. The summed E-state index contributed by atoms with van der Waals surface area (Å²) >= 11 is 2.15. The third-order valence-corrected chi connectivity index (χ3v) is 3.22. The van der Waals surface area contributed by atoms with Crippen molar-refractivity contribution >= 4 is 34.6 Å². The Bertz CT molecular complexity index is 586. The Morgan fingerprint density at radius 1 is 1.55 bits per heavy atom.